The van der Waals surface area contributed by atoms with E-state index in [0.29, 0.717) is 11.5 Å². The van der Waals surface area contributed by atoms with Gasteiger partial charge in [-0.1, -0.05) is 48.0 Å². The molecule has 5 rings (SSSR count). The van der Waals surface area contributed by atoms with Crippen LogP contribution < -0.4 is 9.64 Å². The molecular weight excluding hydrogens is 464 g/mol. The summed E-state index contributed by atoms with van der Waals surface area (Å²) in [6, 6.07) is 20.7. The van der Waals surface area contributed by atoms with Crippen LogP contribution >= 0.6 is 11.6 Å². The molecule has 0 aliphatic carbocycles. The van der Waals surface area contributed by atoms with Gasteiger partial charge in [-0.2, -0.15) is 12.8 Å². The quantitative estimate of drug-likeness (QED) is 0.551. The van der Waals surface area contributed by atoms with Gasteiger partial charge in [0.15, 0.2) is 11.5 Å². The lowest BCUT2D eigenvalue weighted by Gasteiger charge is -2.43. The zero-order valence-corrected chi connectivity index (χ0v) is 19.0. The Morgan fingerprint density at radius 2 is 1.55 bits per heavy atom. The lowest BCUT2D eigenvalue weighted by atomic mass is 9.93. The van der Waals surface area contributed by atoms with Crippen LogP contribution in [0.4, 0.5) is 11.4 Å². The minimum atomic E-state index is -4.02. The molecule has 1 unspecified atom stereocenters. The monoisotopic (exact) mass is 484 g/mol. The fourth-order valence-electron chi connectivity index (χ4n) is 4.13. The molecule has 2 aliphatic rings. The molecule has 0 radical (unpaired) electrons. The van der Waals surface area contributed by atoms with Crippen molar-refractivity contribution < 1.29 is 23.0 Å². The highest BCUT2D eigenvalue weighted by molar-refractivity contribution is 7.90. The van der Waals surface area contributed by atoms with Crippen LogP contribution in [0.1, 0.15) is 0 Å². The van der Waals surface area contributed by atoms with Gasteiger partial charge in [0, 0.05) is 12.1 Å². The fraction of sp³-hybridized carbons (Fsp3) is 0.208. The van der Waals surface area contributed by atoms with Crippen LogP contribution in [0, 0.1) is 5.92 Å². The summed E-state index contributed by atoms with van der Waals surface area (Å²) in [4.78, 5) is 1.91. The highest BCUT2D eigenvalue weighted by Crippen LogP contribution is 2.48. The summed E-state index contributed by atoms with van der Waals surface area (Å²) in [6.07, 6.45) is 0.302. The van der Waals surface area contributed by atoms with E-state index < -0.39 is 28.1 Å². The number of halogens is 1. The van der Waals surface area contributed by atoms with Crippen LogP contribution in [-0.2, 0) is 14.8 Å². The van der Waals surface area contributed by atoms with Crippen molar-refractivity contribution in [2.24, 2.45) is 10.3 Å². The predicted octanol–water partition coefficient (Wildman–Crippen LogP) is 4.42. The number of ether oxygens (including phenoxy) is 2. The predicted molar refractivity (Wildman–Crippen MR) is 126 cm³/mol. The highest BCUT2D eigenvalue weighted by Gasteiger charge is 2.40. The smallest absolute Gasteiger partial charge is 0.283 e. The number of aliphatic hydroxyl groups excluding tert-OH is 1. The van der Waals surface area contributed by atoms with E-state index in [9.17, 15) is 13.5 Å². The minimum Gasteiger partial charge on any atom is -0.453 e. The molecule has 3 atom stereocenters. The number of para-hydroxylation sites is 4. The van der Waals surface area contributed by atoms with E-state index >= 15 is 0 Å². The van der Waals surface area contributed by atoms with E-state index in [0.717, 1.165) is 11.4 Å². The Morgan fingerprint density at radius 1 is 0.939 bits per heavy atom. The average Bonchev–Trinajstić information content (AvgIpc) is 2.82. The molecule has 0 saturated carbocycles. The zero-order chi connectivity index (χ0) is 23.0. The van der Waals surface area contributed by atoms with Crippen molar-refractivity contribution in [1.82, 2.24) is 0 Å². The van der Waals surface area contributed by atoms with Gasteiger partial charge in [0.1, 0.15) is 4.90 Å². The van der Waals surface area contributed by atoms with E-state index in [1.54, 1.807) is 12.1 Å². The summed E-state index contributed by atoms with van der Waals surface area (Å²) < 4.78 is 41.0. The van der Waals surface area contributed by atoms with Gasteiger partial charge in [-0.3, -0.25) is 0 Å². The van der Waals surface area contributed by atoms with Crippen molar-refractivity contribution in [2.75, 3.05) is 18.1 Å². The van der Waals surface area contributed by atoms with Crippen LogP contribution in [0.25, 0.3) is 0 Å². The Bertz CT molecular complexity index is 1270. The fourth-order valence-corrected chi connectivity index (χ4v) is 5.55. The molecule has 1 saturated heterocycles. The molecule has 9 heteroatoms. The van der Waals surface area contributed by atoms with E-state index in [1.165, 1.54) is 18.3 Å². The Kier molecular flexibility index (Phi) is 5.84. The minimum absolute atomic E-state index is 0.0817. The Balaban J connectivity index is 1.46. The van der Waals surface area contributed by atoms with E-state index in [4.69, 9.17) is 21.1 Å². The molecule has 0 spiro atoms. The zero-order valence-electron chi connectivity index (χ0n) is 17.4. The van der Waals surface area contributed by atoms with Gasteiger partial charge in [0.25, 0.3) is 10.0 Å². The maximum absolute atomic E-state index is 12.7. The van der Waals surface area contributed by atoms with Crippen molar-refractivity contribution in [3.8, 4) is 11.5 Å². The molecule has 2 heterocycles. The molecule has 170 valence electrons. The maximum atomic E-state index is 12.7. The molecule has 0 bridgehead atoms. The summed E-state index contributed by atoms with van der Waals surface area (Å²) in [7, 11) is -4.02. The third-order valence-electron chi connectivity index (χ3n) is 5.74. The molecule has 33 heavy (non-hydrogen) atoms. The molecule has 3 aromatic carbocycles. The van der Waals surface area contributed by atoms with Crippen LogP contribution in [0.5, 0.6) is 11.5 Å². The van der Waals surface area contributed by atoms with Gasteiger partial charge in [-0.25, -0.2) is 0 Å². The summed E-state index contributed by atoms with van der Waals surface area (Å²) in [5.41, 5.74) is 1.59. The van der Waals surface area contributed by atoms with Crippen LogP contribution in [0.3, 0.4) is 0 Å². The number of sulfonamides is 1. The molecule has 1 fully saturated rings. The second kappa shape index (κ2) is 8.79. The molecule has 2 aliphatic heterocycles. The molecule has 0 aromatic heterocycles. The molecule has 0 amide bonds. The van der Waals surface area contributed by atoms with Crippen molar-refractivity contribution in [2.45, 2.75) is 17.0 Å². The van der Waals surface area contributed by atoms with Gasteiger partial charge in [0.05, 0.1) is 41.8 Å². The first-order valence-electron chi connectivity index (χ1n) is 10.4. The number of nitrogens with zero attached hydrogens (tertiary/aromatic N) is 2. The van der Waals surface area contributed by atoms with Gasteiger partial charge < -0.3 is 19.5 Å². The Labute approximate surface area is 196 Å². The normalized spacial score (nSPS) is 22.5. The third kappa shape index (κ3) is 4.11. The van der Waals surface area contributed by atoms with Crippen molar-refractivity contribution >= 4 is 39.2 Å². The van der Waals surface area contributed by atoms with Crippen LogP contribution in [0.15, 0.2) is 82.1 Å². The summed E-state index contributed by atoms with van der Waals surface area (Å²) >= 11 is 6.03. The number of hydrogen-bond acceptors (Lipinski definition) is 6. The summed E-state index contributed by atoms with van der Waals surface area (Å²) in [5.74, 6) is 0.698. The summed E-state index contributed by atoms with van der Waals surface area (Å²) in [6.45, 7) is 0.401. The lowest BCUT2D eigenvalue weighted by Crippen LogP contribution is -2.53. The second-order valence-corrected chi connectivity index (χ2v) is 9.83. The summed E-state index contributed by atoms with van der Waals surface area (Å²) in [5, 5.41) is 11.4. The largest absolute Gasteiger partial charge is 0.453 e. The van der Waals surface area contributed by atoms with E-state index in [2.05, 4.69) is 4.40 Å². The van der Waals surface area contributed by atoms with Gasteiger partial charge in [0.2, 0.25) is 0 Å². The van der Waals surface area contributed by atoms with Crippen molar-refractivity contribution in [3.05, 3.63) is 77.8 Å². The van der Waals surface area contributed by atoms with Crippen molar-refractivity contribution in [1.29, 1.82) is 0 Å². The van der Waals surface area contributed by atoms with Crippen molar-refractivity contribution in [3.63, 3.8) is 0 Å². The number of hydrogen-bond donors (Lipinski definition) is 1. The number of rotatable bonds is 4. The van der Waals surface area contributed by atoms with Crippen LogP contribution in [0.2, 0.25) is 5.02 Å². The first kappa shape index (κ1) is 21.9. The molecular formula is C24H21ClN2O5S. The Morgan fingerprint density at radius 3 is 2.21 bits per heavy atom. The highest BCUT2D eigenvalue weighted by atomic mass is 35.5. The Hall–Kier alpha value is -2.91. The number of aliphatic hydroxyl groups is 1. The second-order valence-electron chi connectivity index (χ2n) is 7.83. The van der Waals surface area contributed by atoms with Gasteiger partial charge in [-0.15, -0.1) is 0 Å². The van der Waals surface area contributed by atoms with E-state index in [1.807, 2.05) is 53.4 Å². The van der Waals surface area contributed by atoms with Gasteiger partial charge in [-0.05, 0) is 36.4 Å². The molecule has 7 nitrogen and oxygen atoms in total. The average molecular weight is 485 g/mol. The standard InChI is InChI=1S/C24H21ClN2O5S/c25-17-7-1-6-12-23(17)33(29,30)26-13-16-14-31-15-20(24(16)28)27-18-8-2-4-10-21(18)32-22-11-5-3-9-19(22)27/h1-13,16,20,24,28H,14-15H2/b26-13+/t16?,20-,24-/m0/s1. The number of benzene rings is 3. The SMILES string of the molecule is O=S(=O)(/N=C/C1COC[C@H](N2c3ccccc3Oc3ccccc32)[C@H]1O)c1ccccc1Cl. The number of fused-ring (bicyclic) bond motifs is 2. The lowest BCUT2D eigenvalue weighted by molar-refractivity contribution is -0.0254. The molecule has 1 N–H and O–H groups in total. The first-order chi connectivity index (χ1) is 16.0. The number of anilines is 2. The van der Waals surface area contributed by atoms with E-state index in [-0.39, 0.29) is 23.1 Å². The van der Waals surface area contributed by atoms with Crippen LogP contribution in [-0.4, -0.2) is 45.1 Å². The maximum Gasteiger partial charge on any atom is 0.283 e. The topological polar surface area (TPSA) is 88.4 Å². The third-order valence-corrected chi connectivity index (χ3v) is 7.49. The van der Waals surface area contributed by atoms with Gasteiger partial charge >= 0.3 is 0 Å². The molecule has 3 aromatic rings. The first-order valence-corrected chi connectivity index (χ1v) is 12.2.